The monoisotopic (exact) mass is 304 g/mol. The third-order valence-corrected chi connectivity index (χ3v) is 4.15. The average molecular weight is 305 g/mol. The van der Waals surface area contributed by atoms with E-state index in [9.17, 15) is 0 Å². The highest BCUT2D eigenvalue weighted by atomic mass is 79.9. The van der Waals surface area contributed by atoms with Crippen molar-refractivity contribution < 1.29 is 9.47 Å². The number of halogens is 1. The minimum absolute atomic E-state index is 0.224. The second kappa shape index (κ2) is 6.32. The minimum atomic E-state index is -1.02. The quantitative estimate of drug-likeness (QED) is 0.460. The van der Waals surface area contributed by atoms with Crippen molar-refractivity contribution in [2.45, 2.75) is 25.7 Å². The predicted molar refractivity (Wildman–Crippen MR) is 69.3 cm³/mol. The lowest BCUT2D eigenvalue weighted by atomic mass is 10.7. The molecule has 1 heterocycles. The van der Waals surface area contributed by atoms with E-state index in [1.807, 2.05) is 0 Å². The molecule has 0 bridgehead atoms. The lowest BCUT2D eigenvalue weighted by Crippen LogP contribution is -2.22. The molecule has 0 saturated carbocycles. The first-order valence-electron chi connectivity index (χ1n) is 5.16. The largest absolute Gasteiger partial charge is 0.449 e. The van der Waals surface area contributed by atoms with Crippen LogP contribution in [0.4, 0.5) is 0 Å². The van der Waals surface area contributed by atoms with Crippen molar-refractivity contribution in [3.8, 4) is 5.88 Å². The number of hydrogen-bond donors (Lipinski definition) is 0. The van der Waals surface area contributed by atoms with Crippen LogP contribution in [-0.4, -0.2) is 31.4 Å². The van der Waals surface area contributed by atoms with E-state index in [4.69, 9.17) is 9.47 Å². The average Bonchev–Trinajstić information content (AvgIpc) is 2.18. The maximum atomic E-state index is 5.39. The Morgan fingerprint density at radius 1 is 1.25 bits per heavy atom. The Labute approximate surface area is 106 Å². The van der Waals surface area contributed by atoms with Crippen molar-refractivity contribution in [1.82, 2.24) is 9.97 Å². The Bertz CT molecular complexity index is 331. The van der Waals surface area contributed by atoms with Gasteiger partial charge in [-0.05, 0) is 22.0 Å². The molecular weight excluding hydrogens is 288 g/mol. The molecule has 0 amide bonds. The standard InChI is InChI=1S/C10H17BrN2O2Si/c1-16(2,3)7-6-14-8-15-10-9(11)12-4-5-13-10/h4-5H,6-8H2,1-3H3. The van der Waals surface area contributed by atoms with Gasteiger partial charge in [0.15, 0.2) is 11.4 Å². The van der Waals surface area contributed by atoms with Crippen molar-refractivity contribution in [1.29, 1.82) is 0 Å². The lowest BCUT2D eigenvalue weighted by molar-refractivity contribution is 0.0185. The van der Waals surface area contributed by atoms with Crippen LogP contribution in [0.2, 0.25) is 25.7 Å². The zero-order valence-electron chi connectivity index (χ0n) is 9.86. The first-order valence-corrected chi connectivity index (χ1v) is 9.66. The van der Waals surface area contributed by atoms with E-state index in [1.165, 1.54) is 0 Å². The van der Waals surface area contributed by atoms with E-state index < -0.39 is 8.07 Å². The maximum Gasteiger partial charge on any atom is 0.249 e. The molecule has 0 unspecified atom stereocenters. The molecule has 0 spiro atoms. The van der Waals surface area contributed by atoms with Crippen molar-refractivity contribution in [2.24, 2.45) is 0 Å². The summed E-state index contributed by atoms with van der Waals surface area (Å²) in [5.74, 6) is 0.468. The SMILES string of the molecule is C[Si](C)(C)CCOCOc1nccnc1Br. The third-order valence-electron chi connectivity index (χ3n) is 1.90. The lowest BCUT2D eigenvalue weighted by Gasteiger charge is -2.15. The van der Waals surface area contributed by atoms with Gasteiger partial charge in [-0.15, -0.1) is 0 Å². The Hall–Kier alpha value is -0.463. The van der Waals surface area contributed by atoms with Gasteiger partial charge in [0.1, 0.15) is 0 Å². The second-order valence-electron chi connectivity index (χ2n) is 4.63. The molecule has 1 rings (SSSR count). The molecule has 0 aromatic carbocycles. The van der Waals surface area contributed by atoms with Gasteiger partial charge in [0.2, 0.25) is 5.88 Å². The van der Waals surface area contributed by atoms with Crippen molar-refractivity contribution >= 4 is 24.0 Å². The highest BCUT2D eigenvalue weighted by Crippen LogP contribution is 2.17. The molecule has 16 heavy (non-hydrogen) atoms. The molecule has 90 valence electrons. The first kappa shape index (κ1) is 13.6. The van der Waals surface area contributed by atoms with Crippen molar-refractivity contribution in [3.63, 3.8) is 0 Å². The number of aromatic nitrogens is 2. The summed E-state index contributed by atoms with van der Waals surface area (Å²) in [5, 5.41) is 0. The van der Waals surface area contributed by atoms with Gasteiger partial charge in [0.05, 0.1) is 0 Å². The highest BCUT2D eigenvalue weighted by molar-refractivity contribution is 9.10. The zero-order chi connectivity index (χ0) is 12.0. The molecule has 0 fully saturated rings. The summed E-state index contributed by atoms with van der Waals surface area (Å²) in [7, 11) is -1.02. The molecule has 0 saturated heterocycles. The molecule has 0 aliphatic carbocycles. The topological polar surface area (TPSA) is 44.2 Å². The van der Waals surface area contributed by atoms with Gasteiger partial charge >= 0.3 is 0 Å². The normalized spacial score (nSPS) is 11.5. The molecule has 4 nitrogen and oxygen atoms in total. The summed E-state index contributed by atoms with van der Waals surface area (Å²) in [5.41, 5.74) is 0. The molecule has 0 aliphatic heterocycles. The Kier molecular flexibility index (Phi) is 5.37. The van der Waals surface area contributed by atoms with Gasteiger partial charge in [0.25, 0.3) is 0 Å². The molecule has 0 aliphatic rings. The van der Waals surface area contributed by atoms with Crippen molar-refractivity contribution in [3.05, 3.63) is 17.0 Å². The van der Waals surface area contributed by atoms with Crippen LogP contribution in [0.1, 0.15) is 0 Å². The zero-order valence-corrected chi connectivity index (χ0v) is 12.5. The molecule has 1 aromatic heterocycles. The van der Waals surface area contributed by atoms with Crippen LogP contribution in [0.25, 0.3) is 0 Å². The molecule has 0 N–H and O–H groups in total. The van der Waals surface area contributed by atoms with E-state index in [0.717, 1.165) is 12.7 Å². The van der Waals surface area contributed by atoms with Gasteiger partial charge in [-0.3, -0.25) is 0 Å². The smallest absolute Gasteiger partial charge is 0.249 e. The van der Waals surface area contributed by atoms with Crippen LogP contribution < -0.4 is 4.74 Å². The summed E-state index contributed by atoms with van der Waals surface area (Å²) in [4.78, 5) is 8.02. The predicted octanol–water partition coefficient (Wildman–Crippen LogP) is 2.93. The highest BCUT2D eigenvalue weighted by Gasteiger charge is 2.12. The van der Waals surface area contributed by atoms with Crippen LogP contribution in [-0.2, 0) is 4.74 Å². The summed E-state index contributed by atoms with van der Waals surface area (Å²) in [6.07, 6.45) is 3.19. The number of hydrogen-bond acceptors (Lipinski definition) is 4. The van der Waals surface area contributed by atoms with E-state index in [1.54, 1.807) is 12.4 Å². The number of ether oxygens (including phenoxy) is 2. The Morgan fingerprint density at radius 2 is 1.94 bits per heavy atom. The Morgan fingerprint density at radius 3 is 2.56 bits per heavy atom. The molecule has 1 aromatic rings. The molecule has 0 atom stereocenters. The van der Waals surface area contributed by atoms with Gasteiger partial charge in [-0.25, -0.2) is 9.97 Å². The van der Waals surface area contributed by atoms with Crippen LogP contribution in [0.3, 0.4) is 0 Å². The fourth-order valence-corrected chi connectivity index (χ4v) is 2.03. The fourth-order valence-electron chi connectivity index (χ4n) is 0.940. The van der Waals surface area contributed by atoms with Crippen LogP contribution in [0.5, 0.6) is 5.88 Å². The van der Waals surface area contributed by atoms with E-state index in [2.05, 4.69) is 45.5 Å². The summed E-state index contributed by atoms with van der Waals surface area (Å²) in [6.45, 7) is 7.92. The van der Waals surface area contributed by atoms with Crippen molar-refractivity contribution in [2.75, 3.05) is 13.4 Å². The summed E-state index contributed by atoms with van der Waals surface area (Å²) in [6, 6.07) is 1.14. The second-order valence-corrected chi connectivity index (χ2v) is 11.0. The van der Waals surface area contributed by atoms with Crippen LogP contribution >= 0.6 is 15.9 Å². The summed E-state index contributed by atoms with van der Waals surface area (Å²) >= 11 is 3.25. The molecular formula is C10H17BrN2O2Si. The van der Waals surface area contributed by atoms with Gasteiger partial charge in [0, 0.05) is 27.1 Å². The van der Waals surface area contributed by atoms with Gasteiger partial charge in [-0.2, -0.15) is 0 Å². The Balaban J connectivity index is 2.19. The van der Waals surface area contributed by atoms with Crippen LogP contribution in [0, 0.1) is 0 Å². The van der Waals surface area contributed by atoms with Crippen LogP contribution in [0.15, 0.2) is 17.0 Å². The summed E-state index contributed by atoms with van der Waals surface area (Å²) < 4.78 is 11.3. The number of rotatable bonds is 6. The minimum Gasteiger partial charge on any atom is -0.449 e. The van der Waals surface area contributed by atoms with E-state index in [0.29, 0.717) is 10.5 Å². The maximum absolute atomic E-state index is 5.39. The molecule has 6 heteroatoms. The number of nitrogens with zero attached hydrogens (tertiary/aromatic N) is 2. The molecule has 0 radical (unpaired) electrons. The van der Waals surface area contributed by atoms with Gasteiger partial charge in [-0.1, -0.05) is 19.6 Å². The van der Waals surface area contributed by atoms with E-state index >= 15 is 0 Å². The van der Waals surface area contributed by atoms with E-state index in [-0.39, 0.29) is 6.79 Å². The third kappa shape index (κ3) is 5.57. The first-order chi connectivity index (χ1) is 7.49. The van der Waals surface area contributed by atoms with Gasteiger partial charge < -0.3 is 9.47 Å². The fraction of sp³-hybridized carbons (Fsp3) is 0.600.